The number of benzene rings is 1. The van der Waals surface area contributed by atoms with Gasteiger partial charge in [-0.05, 0) is 38.0 Å². The average Bonchev–Trinajstić information content (AvgIpc) is 3.22. The molecule has 1 fully saturated rings. The van der Waals surface area contributed by atoms with Gasteiger partial charge in [0.05, 0.1) is 5.52 Å². The van der Waals surface area contributed by atoms with E-state index in [2.05, 4.69) is 10.3 Å². The van der Waals surface area contributed by atoms with Crippen molar-refractivity contribution >= 4 is 22.9 Å². The minimum Gasteiger partial charge on any atom is -0.480 e. The molecule has 1 aromatic carbocycles. The molecule has 1 N–H and O–H groups in total. The maximum Gasteiger partial charge on any atom is 0.326 e. The van der Waals surface area contributed by atoms with Gasteiger partial charge in [-0.2, -0.15) is 0 Å². The minimum absolute atomic E-state index is 0.0288. The van der Waals surface area contributed by atoms with E-state index in [1.54, 1.807) is 36.9 Å². The predicted molar refractivity (Wildman–Crippen MR) is 74.8 cm³/mol. The predicted octanol–water partition coefficient (Wildman–Crippen LogP) is 1.05. The number of carbonyl (C=O) groups excluding carboxylic acids is 1. The maximum absolute atomic E-state index is 12.6. The van der Waals surface area contributed by atoms with E-state index in [1.807, 2.05) is 0 Å². The number of fused-ring (bicyclic) bond motifs is 1. The number of rotatable bonds is 4. The van der Waals surface area contributed by atoms with Crippen LogP contribution >= 0.6 is 0 Å². The Morgan fingerprint density at radius 1 is 1.43 bits per heavy atom. The zero-order valence-corrected chi connectivity index (χ0v) is 11.9. The van der Waals surface area contributed by atoms with Gasteiger partial charge in [0.1, 0.15) is 11.6 Å². The lowest BCUT2D eigenvalue weighted by molar-refractivity contribution is -0.141. The molecule has 1 aliphatic carbocycles. The Hall–Kier alpha value is -2.44. The van der Waals surface area contributed by atoms with E-state index in [0.717, 1.165) is 18.4 Å². The van der Waals surface area contributed by atoms with Crippen LogP contribution in [-0.4, -0.2) is 49.0 Å². The molecule has 0 saturated heterocycles. The number of amides is 1. The van der Waals surface area contributed by atoms with Gasteiger partial charge in [0.15, 0.2) is 0 Å². The molecule has 110 valence electrons. The van der Waals surface area contributed by atoms with Crippen LogP contribution in [0.25, 0.3) is 11.0 Å². The number of carbonyl (C=O) groups is 2. The van der Waals surface area contributed by atoms with Crippen LogP contribution < -0.4 is 0 Å². The summed E-state index contributed by atoms with van der Waals surface area (Å²) < 4.78 is 1.63. The van der Waals surface area contributed by atoms with Crippen molar-refractivity contribution in [3.63, 3.8) is 0 Å². The van der Waals surface area contributed by atoms with E-state index in [4.69, 9.17) is 0 Å². The molecule has 1 unspecified atom stereocenters. The second-order valence-corrected chi connectivity index (χ2v) is 5.37. The Balaban J connectivity index is 1.95. The number of aromatic nitrogens is 3. The van der Waals surface area contributed by atoms with Gasteiger partial charge in [0.2, 0.25) is 0 Å². The molecular weight excluding hydrogens is 272 g/mol. The fraction of sp³-hybridized carbons (Fsp3) is 0.429. The van der Waals surface area contributed by atoms with Crippen molar-refractivity contribution in [2.24, 2.45) is 7.05 Å². The van der Waals surface area contributed by atoms with Gasteiger partial charge >= 0.3 is 5.97 Å². The summed E-state index contributed by atoms with van der Waals surface area (Å²) in [6.45, 7) is 1.54. The molecule has 1 aliphatic rings. The second-order valence-electron chi connectivity index (χ2n) is 5.37. The van der Waals surface area contributed by atoms with Crippen molar-refractivity contribution in [3.05, 3.63) is 23.8 Å². The first-order valence-corrected chi connectivity index (χ1v) is 6.84. The molecule has 7 nitrogen and oxygen atoms in total. The standard InChI is InChI=1S/C14H16N4O3/c1-8(14(20)21)18(10-4-5-10)13(19)9-3-6-12-11(7-9)15-16-17(12)2/h3,6-8,10H,4-5H2,1-2H3,(H,20,21). The Kier molecular flexibility index (Phi) is 3.12. The summed E-state index contributed by atoms with van der Waals surface area (Å²) in [7, 11) is 1.78. The summed E-state index contributed by atoms with van der Waals surface area (Å²) in [5.41, 5.74) is 1.90. The zero-order chi connectivity index (χ0) is 15.1. The Bertz CT molecular complexity index is 720. The lowest BCUT2D eigenvalue weighted by Crippen LogP contribution is -2.44. The van der Waals surface area contributed by atoms with E-state index >= 15 is 0 Å². The molecule has 0 bridgehead atoms. The molecule has 1 saturated carbocycles. The number of carboxylic acid groups (broad SMARTS) is 1. The summed E-state index contributed by atoms with van der Waals surface area (Å²) in [5.74, 6) is -1.25. The van der Waals surface area contributed by atoms with E-state index in [0.29, 0.717) is 11.1 Å². The summed E-state index contributed by atoms with van der Waals surface area (Å²) in [5, 5.41) is 17.1. The normalized spacial score (nSPS) is 15.9. The summed E-state index contributed by atoms with van der Waals surface area (Å²) >= 11 is 0. The van der Waals surface area contributed by atoms with E-state index < -0.39 is 12.0 Å². The fourth-order valence-electron chi connectivity index (χ4n) is 2.45. The lowest BCUT2D eigenvalue weighted by atomic mass is 10.1. The summed E-state index contributed by atoms with van der Waals surface area (Å²) in [6, 6.07) is 4.33. The molecule has 7 heteroatoms. The first-order chi connectivity index (χ1) is 9.99. The molecule has 1 atom stereocenters. The summed E-state index contributed by atoms with van der Waals surface area (Å²) in [4.78, 5) is 25.3. The van der Waals surface area contributed by atoms with Gasteiger partial charge in [-0.25, -0.2) is 9.48 Å². The largest absolute Gasteiger partial charge is 0.480 e. The first kappa shape index (κ1) is 13.5. The highest BCUT2D eigenvalue weighted by Gasteiger charge is 2.38. The van der Waals surface area contributed by atoms with Crippen molar-refractivity contribution in [1.29, 1.82) is 0 Å². The van der Waals surface area contributed by atoms with Gasteiger partial charge < -0.3 is 10.0 Å². The SMILES string of the molecule is CC(C(=O)O)N(C(=O)c1ccc2c(c1)nnn2C)C1CC1. The number of aryl methyl sites for hydroxylation is 1. The zero-order valence-electron chi connectivity index (χ0n) is 11.9. The van der Waals surface area contributed by atoms with Gasteiger partial charge in [0, 0.05) is 18.7 Å². The third kappa shape index (κ3) is 2.35. The van der Waals surface area contributed by atoms with E-state index in [-0.39, 0.29) is 11.9 Å². The highest BCUT2D eigenvalue weighted by molar-refractivity contribution is 5.99. The number of nitrogens with zero attached hydrogens (tertiary/aromatic N) is 4. The highest BCUT2D eigenvalue weighted by Crippen LogP contribution is 2.30. The summed E-state index contributed by atoms with van der Waals surface area (Å²) in [6.07, 6.45) is 1.72. The van der Waals surface area contributed by atoms with Gasteiger partial charge in [-0.1, -0.05) is 5.21 Å². The maximum atomic E-state index is 12.6. The lowest BCUT2D eigenvalue weighted by Gasteiger charge is -2.26. The van der Waals surface area contributed by atoms with Crippen LogP contribution in [0, 0.1) is 0 Å². The quantitative estimate of drug-likeness (QED) is 0.908. The van der Waals surface area contributed by atoms with Crippen LogP contribution in [0.15, 0.2) is 18.2 Å². The smallest absolute Gasteiger partial charge is 0.326 e. The molecule has 2 aromatic rings. The molecule has 3 rings (SSSR count). The number of hydrogen-bond acceptors (Lipinski definition) is 4. The van der Waals surface area contributed by atoms with Crippen LogP contribution in [-0.2, 0) is 11.8 Å². The number of hydrogen-bond donors (Lipinski definition) is 1. The van der Waals surface area contributed by atoms with Crippen LogP contribution in [0.2, 0.25) is 0 Å². The van der Waals surface area contributed by atoms with Crippen LogP contribution in [0.1, 0.15) is 30.1 Å². The minimum atomic E-state index is -0.990. The van der Waals surface area contributed by atoms with Gasteiger partial charge in [-0.15, -0.1) is 5.10 Å². The third-order valence-electron chi connectivity index (χ3n) is 3.81. The van der Waals surface area contributed by atoms with Gasteiger partial charge in [0.25, 0.3) is 5.91 Å². The van der Waals surface area contributed by atoms with Crippen molar-refractivity contribution < 1.29 is 14.7 Å². The van der Waals surface area contributed by atoms with E-state index in [9.17, 15) is 14.7 Å². The Labute approximate surface area is 121 Å². The fourth-order valence-corrected chi connectivity index (χ4v) is 2.45. The van der Waals surface area contributed by atoms with Crippen LogP contribution in [0.5, 0.6) is 0 Å². The molecule has 0 aliphatic heterocycles. The molecule has 1 heterocycles. The number of carboxylic acids is 1. The van der Waals surface area contributed by atoms with Gasteiger partial charge in [-0.3, -0.25) is 4.79 Å². The van der Waals surface area contributed by atoms with Crippen LogP contribution in [0.3, 0.4) is 0 Å². The molecule has 0 spiro atoms. The molecule has 0 radical (unpaired) electrons. The number of aliphatic carboxylic acids is 1. The van der Waals surface area contributed by atoms with Crippen molar-refractivity contribution in [2.75, 3.05) is 0 Å². The topological polar surface area (TPSA) is 88.3 Å². The van der Waals surface area contributed by atoms with Crippen molar-refractivity contribution in [2.45, 2.75) is 31.8 Å². The molecule has 1 amide bonds. The monoisotopic (exact) mass is 288 g/mol. The molecule has 21 heavy (non-hydrogen) atoms. The van der Waals surface area contributed by atoms with E-state index in [1.165, 1.54) is 4.90 Å². The highest BCUT2D eigenvalue weighted by atomic mass is 16.4. The third-order valence-corrected chi connectivity index (χ3v) is 3.81. The molecular formula is C14H16N4O3. The van der Waals surface area contributed by atoms with Crippen molar-refractivity contribution in [3.8, 4) is 0 Å². The van der Waals surface area contributed by atoms with Crippen molar-refractivity contribution in [1.82, 2.24) is 19.9 Å². The first-order valence-electron chi connectivity index (χ1n) is 6.84. The Morgan fingerprint density at radius 3 is 2.76 bits per heavy atom. The molecule has 1 aromatic heterocycles. The second kappa shape index (κ2) is 4.83. The average molecular weight is 288 g/mol. The van der Waals surface area contributed by atoms with Crippen LogP contribution in [0.4, 0.5) is 0 Å². The Morgan fingerprint density at radius 2 is 2.14 bits per heavy atom.